The summed E-state index contributed by atoms with van der Waals surface area (Å²) >= 11 is 0. The lowest BCUT2D eigenvalue weighted by Gasteiger charge is -2.23. The second-order valence-electron chi connectivity index (χ2n) is 4.75. The van der Waals surface area contributed by atoms with Crippen LogP contribution in [-0.4, -0.2) is 6.04 Å². The van der Waals surface area contributed by atoms with Crippen LogP contribution >= 0.6 is 0 Å². The largest absolute Gasteiger partial charge is 0.327 e. The van der Waals surface area contributed by atoms with Gasteiger partial charge in [0.2, 0.25) is 0 Å². The zero-order valence-corrected chi connectivity index (χ0v) is 8.77. The lowest BCUT2D eigenvalue weighted by molar-refractivity contribution is 0.312. The van der Waals surface area contributed by atoms with E-state index in [1.54, 1.807) is 0 Å². The van der Waals surface area contributed by atoms with Crippen LogP contribution in [0.5, 0.6) is 0 Å². The first-order valence-corrected chi connectivity index (χ1v) is 5.36. The first-order chi connectivity index (χ1) is 5.60. The molecule has 0 bridgehead atoms. The van der Waals surface area contributed by atoms with E-state index in [1.807, 2.05) is 0 Å². The standard InChI is InChI=1S/C11H23N/c1-4-5-9(2)8-11(6-7-11)10(3)12/h9-10H,4-8,12H2,1-3H3. The van der Waals surface area contributed by atoms with Crippen molar-refractivity contribution in [3.05, 3.63) is 0 Å². The van der Waals surface area contributed by atoms with E-state index in [4.69, 9.17) is 5.73 Å². The molecule has 1 rings (SSSR count). The predicted octanol–water partition coefficient (Wildman–Crippen LogP) is 2.94. The molecular weight excluding hydrogens is 146 g/mol. The van der Waals surface area contributed by atoms with Gasteiger partial charge in [0.15, 0.2) is 0 Å². The molecular formula is C11H23N. The quantitative estimate of drug-likeness (QED) is 0.673. The van der Waals surface area contributed by atoms with Crippen LogP contribution in [-0.2, 0) is 0 Å². The highest BCUT2D eigenvalue weighted by Crippen LogP contribution is 2.53. The summed E-state index contributed by atoms with van der Waals surface area (Å²) in [7, 11) is 0. The highest BCUT2D eigenvalue weighted by Gasteiger charge is 2.45. The maximum atomic E-state index is 5.98. The topological polar surface area (TPSA) is 26.0 Å². The van der Waals surface area contributed by atoms with Crippen molar-refractivity contribution in [2.24, 2.45) is 17.1 Å². The van der Waals surface area contributed by atoms with Crippen LogP contribution in [0, 0.1) is 11.3 Å². The first-order valence-electron chi connectivity index (χ1n) is 5.36. The van der Waals surface area contributed by atoms with Crippen molar-refractivity contribution in [1.82, 2.24) is 0 Å². The molecule has 2 atom stereocenters. The molecule has 1 saturated carbocycles. The van der Waals surface area contributed by atoms with Gasteiger partial charge < -0.3 is 5.73 Å². The van der Waals surface area contributed by atoms with E-state index in [-0.39, 0.29) is 0 Å². The van der Waals surface area contributed by atoms with Crippen LogP contribution in [0.3, 0.4) is 0 Å². The van der Waals surface area contributed by atoms with Crippen molar-refractivity contribution < 1.29 is 0 Å². The number of hydrogen-bond donors (Lipinski definition) is 1. The zero-order chi connectivity index (χ0) is 9.19. The third-order valence-electron chi connectivity index (χ3n) is 3.39. The molecule has 1 nitrogen and oxygen atoms in total. The minimum absolute atomic E-state index is 0.414. The van der Waals surface area contributed by atoms with Gasteiger partial charge in [-0.25, -0.2) is 0 Å². The van der Waals surface area contributed by atoms with Crippen molar-refractivity contribution in [3.63, 3.8) is 0 Å². The molecule has 2 unspecified atom stereocenters. The molecule has 0 heterocycles. The molecule has 1 aliphatic carbocycles. The predicted molar refractivity (Wildman–Crippen MR) is 54.0 cm³/mol. The van der Waals surface area contributed by atoms with Crippen molar-refractivity contribution in [3.8, 4) is 0 Å². The van der Waals surface area contributed by atoms with E-state index in [0.717, 1.165) is 5.92 Å². The van der Waals surface area contributed by atoms with E-state index in [9.17, 15) is 0 Å². The zero-order valence-electron chi connectivity index (χ0n) is 8.77. The summed E-state index contributed by atoms with van der Waals surface area (Å²) in [6.45, 7) is 6.81. The Kier molecular flexibility index (Phi) is 3.16. The summed E-state index contributed by atoms with van der Waals surface area (Å²) in [6, 6.07) is 0.414. The van der Waals surface area contributed by atoms with Gasteiger partial charge in [0.25, 0.3) is 0 Å². The number of nitrogens with two attached hydrogens (primary N) is 1. The Hall–Kier alpha value is -0.0400. The van der Waals surface area contributed by atoms with Crippen molar-refractivity contribution in [1.29, 1.82) is 0 Å². The average molecular weight is 169 g/mol. The molecule has 0 aromatic carbocycles. The van der Waals surface area contributed by atoms with Gasteiger partial charge in [0.1, 0.15) is 0 Å². The molecule has 0 aliphatic heterocycles. The maximum Gasteiger partial charge on any atom is 0.00671 e. The molecule has 0 saturated heterocycles. The van der Waals surface area contributed by atoms with Crippen LogP contribution in [0.15, 0.2) is 0 Å². The van der Waals surface area contributed by atoms with Crippen LogP contribution in [0.1, 0.15) is 52.9 Å². The number of rotatable bonds is 5. The highest BCUT2D eigenvalue weighted by atomic mass is 14.7. The third kappa shape index (κ3) is 2.22. The monoisotopic (exact) mass is 169 g/mol. The fourth-order valence-corrected chi connectivity index (χ4v) is 2.29. The van der Waals surface area contributed by atoms with E-state index in [0.29, 0.717) is 11.5 Å². The van der Waals surface area contributed by atoms with Gasteiger partial charge in [-0.1, -0.05) is 26.7 Å². The van der Waals surface area contributed by atoms with Gasteiger partial charge >= 0.3 is 0 Å². The van der Waals surface area contributed by atoms with E-state index < -0.39 is 0 Å². The summed E-state index contributed by atoms with van der Waals surface area (Å²) in [5, 5.41) is 0. The maximum absolute atomic E-state index is 5.98. The Labute approximate surface area is 76.7 Å². The summed E-state index contributed by atoms with van der Waals surface area (Å²) in [5.74, 6) is 0.878. The van der Waals surface area contributed by atoms with Crippen LogP contribution < -0.4 is 5.73 Å². The lowest BCUT2D eigenvalue weighted by atomic mass is 9.86. The fourth-order valence-electron chi connectivity index (χ4n) is 2.29. The third-order valence-corrected chi connectivity index (χ3v) is 3.39. The van der Waals surface area contributed by atoms with Gasteiger partial charge in [0, 0.05) is 6.04 Å². The number of hydrogen-bond acceptors (Lipinski definition) is 1. The molecule has 0 radical (unpaired) electrons. The van der Waals surface area contributed by atoms with E-state index in [2.05, 4.69) is 20.8 Å². The van der Waals surface area contributed by atoms with Gasteiger partial charge in [0.05, 0.1) is 0 Å². The summed E-state index contributed by atoms with van der Waals surface area (Å²) in [4.78, 5) is 0. The van der Waals surface area contributed by atoms with Gasteiger partial charge in [-0.2, -0.15) is 0 Å². The molecule has 0 aromatic heterocycles. The average Bonchev–Trinajstić information content (AvgIpc) is 2.69. The lowest BCUT2D eigenvalue weighted by Crippen LogP contribution is -2.29. The molecule has 2 N–H and O–H groups in total. The first kappa shape index (κ1) is 10.0. The van der Waals surface area contributed by atoms with Gasteiger partial charge in [-0.3, -0.25) is 0 Å². The Balaban J connectivity index is 2.30. The van der Waals surface area contributed by atoms with E-state index in [1.165, 1.54) is 32.1 Å². The van der Waals surface area contributed by atoms with Crippen molar-refractivity contribution >= 4 is 0 Å². The molecule has 72 valence electrons. The second kappa shape index (κ2) is 3.78. The smallest absolute Gasteiger partial charge is 0.00671 e. The SMILES string of the molecule is CCCC(C)CC1(C(C)N)CC1. The molecule has 1 aliphatic rings. The highest BCUT2D eigenvalue weighted by molar-refractivity contribution is 4.99. The molecule has 0 spiro atoms. The Morgan fingerprint density at radius 2 is 1.92 bits per heavy atom. The van der Waals surface area contributed by atoms with Crippen LogP contribution in [0.2, 0.25) is 0 Å². The molecule has 1 fully saturated rings. The Bertz CT molecular complexity index is 136. The van der Waals surface area contributed by atoms with Gasteiger partial charge in [-0.05, 0) is 37.5 Å². The summed E-state index contributed by atoms with van der Waals surface area (Å²) in [6.07, 6.45) is 6.79. The molecule has 0 aromatic rings. The van der Waals surface area contributed by atoms with Crippen molar-refractivity contribution in [2.45, 2.75) is 58.9 Å². The molecule has 0 amide bonds. The van der Waals surface area contributed by atoms with E-state index >= 15 is 0 Å². The normalized spacial score (nSPS) is 25.0. The van der Waals surface area contributed by atoms with Crippen LogP contribution in [0.4, 0.5) is 0 Å². The second-order valence-corrected chi connectivity index (χ2v) is 4.75. The Morgan fingerprint density at radius 1 is 1.33 bits per heavy atom. The fraction of sp³-hybridized carbons (Fsp3) is 1.00. The van der Waals surface area contributed by atoms with Crippen molar-refractivity contribution in [2.75, 3.05) is 0 Å². The Morgan fingerprint density at radius 3 is 2.25 bits per heavy atom. The molecule has 1 heteroatoms. The summed E-state index contributed by atoms with van der Waals surface area (Å²) in [5.41, 5.74) is 6.53. The minimum Gasteiger partial charge on any atom is -0.327 e. The minimum atomic E-state index is 0.414. The van der Waals surface area contributed by atoms with Gasteiger partial charge in [-0.15, -0.1) is 0 Å². The molecule has 12 heavy (non-hydrogen) atoms. The summed E-state index contributed by atoms with van der Waals surface area (Å²) < 4.78 is 0. The van der Waals surface area contributed by atoms with Crippen LogP contribution in [0.25, 0.3) is 0 Å².